The van der Waals surface area contributed by atoms with E-state index in [1.165, 1.54) is 10.8 Å². The Morgan fingerprint density at radius 3 is 2.90 bits per heavy atom. The number of nitrogens with zero attached hydrogens (tertiary/aromatic N) is 4. The molecule has 108 valence electrons. The van der Waals surface area contributed by atoms with Crippen LogP contribution in [-0.4, -0.2) is 53.5 Å². The first-order chi connectivity index (χ1) is 9.49. The van der Waals surface area contributed by atoms with E-state index in [2.05, 4.69) is 30.9 Å². The minimum absolute atomic E-state index is 0.162. The Morgan fingerprint density at radius 2 is 2.30 bits per heavy atom. The van der Waals surface area contributed by atoms with Gasteiger partial charge in [-0.1, -0.05) is 0 Å². The zero-order valence-electron chi connectivity index (χ0n) is 9.88. The number of hydrogen-bond donors (Lipinski definition) is 3. The zero-order chi connectivity index (χ0) is 14.9. The van der Waals surface area contributed by atoms with Crippen LogP contribution in [0.15, 0.2) is 25.4 Å². The molecule has 3 N–H and O–H groups in total. The Balaban J connectivity index is 2.50. The average molecular weight is 411 g/mol. The summed E-state index contributed by atoms with van der Waals surface area (Å²) in [6.45, 7) is -0.256. The summed E-state index contributed by atoms with van der Waals surface area (Å²) in [7, 11) is 0. The second-order valence-electron chi connectivity index (χ2n) is 4.08. The molecule has 1 unspecified atom stereocenters. The van der Waals surface area contributed by atoms with E-state index in [4.69, 9.17) is 5.53 Å². The van der Waals surface area contributed by atoms with Gasteiger partial charge in [0, 0.05) is 0 Å². The number of aromatic amines is 1. The number of rotatable bonds is 3. The van der Waals surface area contributed by atoms with Gasteiger partial charge >= 0.3 is 126 Å². The predicted molar refractivity (Wildman–Crippen MR) is 73.6 cm³/mol. The van der Waals surface area contributed by atoms with Crippen LogP contribution in [-0.2, 0) is 0 Å². The molecule has 1 fully saturated rings. The fourth-order valence-corrected chi connectivity index (χ4v) is 5.27. The van der Waals surface area contributed by atoms with Crippen LogP contribution in [0.4, 0.5) is 0 Å². The van der Waals surface area contributed by atoms with Gasteiger partial charge < -0.3 is 0 Å². The summed E-state index contributed by atoms with van der Waals surface area (Å²) in [6.07, 6.45) is 0.290. The SMILES string of the molecule is [N-]=[N+]=N[C@@H]1C(n2cc(Br)c(=O)[nH]c2=O)[Se][C@H](CO)[C@H]1O. The predicted octanol–water partition coefficient (Wildman–Crippen LogP) is -0.664. The van der Waals surface area contributed by atoms with Gasteiger partial charge in [0.05, 0.1) is 0 Å². The number of nitrogens with one attached hydrogen (secondary N) is 1. The van der Waals surface area contributed by atoms with E-state index in [0.29, 0.717) is 0 Å². The van der Waals surface area contributed by atoms with E-state index in [-0.39, 0.29) is 26.0 Å². The van der Waals surface area contributed by atoms with Gasteiger partial charge in [-0.15, -0.1) is 0 Å². The van der Waals surface area contributed by atoms with E-state index in [0.717, 1.165) is 0 Å². The topological polar surface area (TPSA) is 144 Å². The Bertz CT molecular complexity index is 669. The van der Waals surface area contributed by atoms with Gasteiger partial charge in [-0.3, -0.25) is 0 Å². The molecule has 0 saturated carbocycles. The molecule has 4 atom stereocenters. The van der Waals surface area contributed by atoms with Gasteiger partial charge in [-0.2, -0.15) is 0 Å². The molecular weight excluding hydrogens is 401 g/mol. The summed E-state index contributed by atoms with van der Waals surface area (Å²) >= 11 is 2.66. The van der Waals surface area contributed by atoms with Crippen molar-refractivity contribution in [2.75, 3.05) is 6.61 Å². The number of H-pyrrole nitrogens is 1. The monoisotopic (exact) mass is 411 g/mol. The van der Waals surface area contributed by atoms with Crippen molar-refractivity contribution < 1.29 is 10.2 Å². The van der Waals surface area contributed by atoms with Crippen molar-refractivity contribution in [3.8, 4) is 0 Å². The molecule has 1 aromatic rings. The fraction of sp³-hybridized carbons (Fsp3) is 0.556. The number of azide groups is 1. The second kappa shape index (κ2) is 6.13. The Kier molecular flexibility index (Phi) is 4.69. The van der Waals surface area contributed by atoms with E-state index >= 15 is 0 Å². The minimum atomic E-state index is -1.02. The van der Waals surface area contributed by atoms with Crippen LogP contribution in [0, 0.1) is 0 Å². The van der Waals surface area contributed by atoms with Crippen molar-refractivity contribution >= 4 is 30.9 Å². The molecule has 0 amide bonds. The first kappa shape index (κ1) is 15.3. The third-order valence-corrected chi connectivity index (χ3v) is 6.74. The molecule has 1 aliphatic heterocycles. The van der Waals surface area contributed by atoms with Gasteiger partial charge in [0.2, 0.25) is 0 Å². The summed E-state index contributed by atoms with van der Waals surface area (Å²) in [4.78, 5) is 27.0. The van der Waals surface area contributed by atoms with Gasteiger partial charge in [0.25, 0.3) is 0 Å². The van der Waals surface area contributed by atoms with Gasteiger partial charge in [0.15, 0.2) is 0 Å². The summed E-state index contributed by atoms with van der Waals surface area (Å²) in [5.74, 6) is 0. The number of hydrogen-bond acceptors (Lipinski definition) is 5. The van der Waals surface area contributed by atoms with Crippen LogP contribution in [0.2, 0.25) is 4.82 Å². The molecule has 1 saturated heterocycles. The van der Waals surface area contributed by atoms with Crippen LogP contribution in [0.1, 0.15) is 4.94 Å². The molecule has 0 bridgehead atoms. The summed E-state index contributed by atoms with van der Waals surface area (Å²) in [6, 6.07) is -0.854. The molecule has 0 aromatic carbocycles. The average Bonchev–Trinajstić information content (AvgIpc) is 2.72. The van der Waals surface area contributed by atoms with E-state index in [1.807, 2.05) is 0 Å². The summed E-state index contributed by atoms with van der Waals surface area (Å²) in [5.41, 5.74) is 7.37. The number of aromatic nitrogens is 2. The van der Waals surface area contributed by atoms with Crippen molar-refractivity contribution in [2.45, 2.75) is 21.9 Å². The van der Waals surface area contributed by atoms with Gasteiger partial charge in [-0.05, 0) is 0 Å². The molecule has 2 rings (SSSR count). The summed E-state index contributed by atoms with van der Waals surface area (Å²) in [5, 5.41) is 22.8. The molecule has 1 aliphatic rings. The molecule has 11 heteroatoms. The van der Waals surface area contributed by atoms with Crippen LogP contribution in [0.5, 0.6) is 0 Å². The van der Waals surface area contributed by atoms with Crippen LogP contribution < -0.4 is 11.2 Å². The van der Waals surface area contributed by atoms with Gasteiger partial charge in [-0.25, -0.2) is 0 Å². The van der Waals surface area contributed by atoms with Crippen molar-refractivity contribution in [3.63, 3.8) is 0 Å². The molecular formula is C9H10BrN5O4Se. The molecule has 20 heavy (non-hydrogen) atoms. The van der Waals surface area contributed by atoms with Crippen LogP contribution >= 0.6 is 15.9 Å². The molecule has 0 radical (unpaired) electrons. The second-order valence-corrected chi connectivity index (χ2v) is 7.79. The van der Waals surface area contributed by atoms with Crippen molar-refractivity contribution in [1.29, 1.82) is 0 Å². The van der Waals surface area contributed by atoms with Crippen molar-refractivity contribution in [2.24, 2.45) is 5.11 Å². The van der Waals surface area contributed by atoms with Crippen molar-refractivity contribution in [1.82, 2.24) is 9.55 Å². The maximum absolute atomic E-state index is 11.8. The number of halogens is 1. The third-order valence-electron chi connectivity index (χ3n) is 2.90. The fourth-order valence-electron chi connectivity index (χ4n) is 1.94. The quantitative estimate of drug-likeness (QED) is 0.262. The zero-order valence-corrected chi connectivity index (χ0v) is 13.2. The van der Waals surface area contributed by atoms with E-state index in [1.54, 1.807) is 0 Å². The molecule has 0 spiro atoms. The van der Waals surface area contributed by atoms with Crippen molar-refractivity contribution in [3.05, 3.63) is 42.0 Å². The van der Waals surface area contributed by atoms with E-state index in [9.17, 15) is 19.8 Å². The Hall–Kier alpha value is -1.09. The van der Waals surface area contributed by atoms with Crippen LogP contribution in [0.25, 0.3) is 10.4 Å². The molecule has 1 aromatic heterocycles. The first-order valence-corrected chi connectivity index (χ1v) is 8.26. The Morgan fingerprint density at radius 1 is 1.60 bits per heavy atom. The third kappa shape index (κ3) is 2.69. The van der Waals surface area contributed by atoms with Crippen LogP contribution in [0.3, 0.4) is 0 Å². The molecule has 2 heterocycles. The summed E-state index contributed by atoms with van der Waals surface area (Å²) < 4.78 is 1.39. The molecule has 9 nitrogen and oxygen atoms in total. The normalized spacial score (nSPS) is 29.1. The van der Waals surface area contributed by atoms with E-state index < -0.39 is 33.2 Å². The molecule has 0 aliphatic carbocycles. The standard InChI is InChI=1S/C9H10BrN5O4Se/c10-3-1-15(9(19)12-7(3)18)8-5(13-14-11)6(17)4(2-16)20-8/h1,4-6,8,16-17H,2H2,(H,12,18,19)/t4-,5+,6-,8?/m1/s1. The first-order valence-electron chi connectivity index (χ1n) is 5.49. The number of aliphatic hydroxyl groups excluding tert-OH is 2. The Labute approximate surface area is 126 Å². The van der Waals surface area contributed by atoms with Gasteiger partial charge in [0.1, 0.15) is 0 Å². The number of aliphatic hydroxyl groups is 2. The maximum atomic E-state index is 11.8.